The van der Waals surface area contributed by atoms with Gasteiger partial charge in [-0.2, -0.15) is 13.2 Å². The van der Waals surface area contributed by atoms with Gasteiger partial charge in [0.15, 0.2) is 5.69 Å². The molecule has 23 heavy (non-hydrogen) atoms. The molecule has 2 aliphatic rings. The third-order valence-electron chi connectivity index (χ3n) is 4.20. The lowest BCUT2D eigenvalue weighted by molar-refractivity contribution is -0.142. The Morgan fingerprint density at radius 2 is 2.00 bits per heavy atom. The molecule has 0 radical (unpaired) electrons. The number of nitrogens with one attached hydrogen (secondary N) is 1. The monoisotopic (exact) mass is 330 g/mol. The lowest BCUT2D eigenvalue weighted by Gasteiger charge is -2.32. The number of carboxylic acid groups (broad SMARTS) is 1. The summed E-state index contributed by atoms with van der Waals surface area (Å²) in [5.74, 6) is -1.06. The minimum atomic E-state index is -4.53. The molecule has 0 aromatic carbocycles. The van der Waals surface area contributed by atoms with Crippen LogP contribution in [0.15, 0.2) is 0 Å². The summed E-state index contributed by atoms with van der Waals surface area (Å²) in [5.41, 5.74) is -0.237. The Balaban J connectivity index is 1.98. The van der Waals surface area contributed by atoms with Gasteiger partial charge in [-0.25, -0.2) is 9.97 Å². The van der Waals surface area contributed by atoms with Gasteiger partial charge in [0.1, 0.15) is 6.04 Å². The van der Waals surface area contributed by atoms with Crippen molar-refractivity contribution in [2.24, 2.45) is 0 Å². The van der Waals surface area contributed by atoms with Crippen molar-refractivity contribution in [3.63, 3.8) is 0 Å². The van der Waals surface area contributed by atoms with Crippen molar-refractivity contribution >= 4 is 11.9 Å². The number of hydrogen-bond acceptors (Lipinski definition) is 5. The predicted octanol–water partition coefficient (Wildman–Crippen LogP) is 1.24. The number of alkyl halides is 3. The Morgan fingerprint density at radius 3 is 2.70 bits per heavy atom. The standard InChI is InChI=1S/C14H17F3N4O2/c15-14(16,17)11-8-3-1-2-4-9(8)19-13(20-11)21-6-5-18-10(7-21)12(22)23/h10,18H,1-7H2,(H,22,23)/t10-/m0/s1. The number of rotatable bonds is 2. The zero-order valence-corrected chi connectivity index (χ0v) is 12.4. The molecule has 126 valence electrons. The third-order valence-corrected chi connectivity index (χ3v) is 4.20. The quantitative estimate of drug-likeness (QED) is 0.849. The number of fused-ring (bicyclic) bond motifs is 1. The molecule has 1 aromatic rings. The van der Waals surface area contributed by atoms with Crippen LogP contribution < -0.4 is 10.2 Å². The van der Waals surface area contributed by atoms with Crippen LogP contribution in [0.1, 0.15) is 29.8 Å². The van der Waals surface area contributed by atoms with Crippen molar-refractivity contribution < 1.29 is 23.1 Å². The number of aromatic nitrogens is 2. The molecule has 1 aliphatic carbocycles. The second kappa shape index (κ2) is 5.95. The van der Waals surface area contributed by atoms with Crippen LogP contribution in [-0.4, -0.2) is 46.7 Å². The molecule has 1 aromatic heterocycles. The lowest BCUT2D eigenvalue weighted by Crippen LogP contribution is -2.54. The first-order valence-electron chi connectivity index (χ1n) is 7.54. The number of carbonyl (C=O) groups is 1. The molecule has 0 spiro atoms. The molecular formula is C14H17F3N4O2. The Bertz CT molecular complexity index is 621. The van der Waals surface area contributed by atoms with Crippen molar-refractivity contribution in [1.82, 2.24) is 15.3 Å². The van der Waals surface area contributed by atoms with E-state index in [4.69, 9.17) is 5.11 Å². The largest absolute Gasteiger partial charge is 0.480 e. The summed E-state index contributed by atoms with van der Waals surface area (Å²) in [6, 6.07) is -0.835. The Labute approximate surface area is 130 Å². The second-order valence-corrected chi connectivity index (χ2v) is 5.79. The average molecular weight is 330 g/mol. The van der Waals surface area contributed by atoms with Crippen LogP contribution in [0.5, 0.6) is 0 Å². The molecule has 1 saturated heterocycles. The van der Waals surface area contributed by atoms with E-state index in [2.05, 4.69) is 15.3 Å². The second-order valence-electron chi connectivity index (χ2n) is 5.79. The van der Waals surface area contributed by atoms with Gasteiger partial charge in [0.05, 0.1) is 0 Å². The number of nitrogens with zero attached hydrogens (tertiary/aromatic N) is 3. The molecule has 1 atom stereocenters. The van der Waals surface area contributed by atoms with Gasteiger partial charge in [0, 0.05) is 30.9 Å². The smallest absolute Gasteiger partial charge is 0.433 e. The van der Waals surface area contributed by atoms with Crippen molar-refractivity contribution in [3.8, 4) is 0 Å². The van der Waals surface area contributed by atoms with E-state index in [1.165, 1.54) is 4.90 Å². The number of piperazine rings is 1. The van der Waals surface area contributed by atoms with E-state index >= 15 is 0 Å². The lowest BCUT2D eigenvalue weighted by atomic mass is 9.94. The molecule has 0 saturated carbocycles. The highest BCUT2D eigenvalue weighted by Gasteiger charge is 2.39. The van der Waals surface area contributed by atoms with Gasteiger partial charge in [-0.1, -0.05) is 0 Å². The van der Waals surface area contributed by atoms with E-state index in [0.29, 0.717) is 38.0 Å². The van der Waals surface area contributed by atoms with Gasteiger partial charge in [0.25, 0.3) is 0 Å². The molecule has 0 bridgehead atoms. The highest BCUT2D eigenvalue weighted by atomic mass is 19.4. The Morgan fingerprint density at radius 1 is 1.26 bits per heavy atom. The van der Waals surface area contributed by atoms with Gasteiger partial charge in [0.2, 0.25) is 5.95 Å². The molecule has 0 amide bonds. The number of aliphatic carboxylic acids is 1. The topological polar surface area (TPSA) is 78.3 Å². The van der Waals surface area contributed by atoms with Crippen LogP contribution in [0, 0.1) is 0 Å². The fourth-order valence-electron chi connectivity index (χ4n) is 3.05. The molecule has 1 aliphatic heterocycles. The van der Waals surface area contributed by atoms with E-state index < -0.39 is 23.9 Å². The third kappa shape index (κ3) is 3.24. The summed E-state index contributed by atoms with van der Waals surface area (Å²) >= 11 is 0. The first-order valence-corrected chi connectivity index (χ1v) is 7.54. The predicted molar refractivity (Wildman–Crippen MR) is 75.3 cm³/mol. The van der Waals surface area contributed by atoms with E-state index in [9.17, 15) is 18.0 Å². The SMILES string of the molecule is O=C(O)[C@@H]1CN(c2nc3c(c(C(F)(F)F)n2)CCCC3)CCN1. The number of carboxylic acids is 1. The number of hydrogen-bond donors (Lipinski definition) is 2. The highest BCUT2D eigenvalue weighted by molar-refractivity contribution is 5.74. The van der Waals surface area contributed by atoms with Crippen molar-refractivity contribution in [2.75, 3.05) is 24.5 Å². The van der Waals surface area contributed by atoms with Crippen LogP contribution in [0.25, 0.3) is 0 Å². The van der Waals surface area contributed by atoms with E-state index in [0.717, 1.165) is 6.42 Å². The van der Waals surface area contributed by atoms with Gasteiger partial charge in [-0.05, 0) is 25.7 Å². The Kier molecular flexibility index (Phi) is 4.13. The molecule has 0 unspecified atom stereocenters. The van der Waals surface area contributed by atoms with Crippen LogP contribution in [-0.2, 0) is 23.8 Å². The van der Waals surface area contributed by atoms with Crippen LogP contribution in [0.4, 0.5) is 19.1 Å². The molecular weight excluding hydrogens is 313 g/mol. The summed E-state index contributed by atoms with van der Waals surface area (Å²) < 4.78 is 39.9. The zero-order valence-electron chi connectivity index (χ0n) is 12.4. The highest BCUT2D eigenvalue weighted by Crippen LogP contribution is 2.35. The van der Waals surface area contributed by atoms with E-state index in [-0.39, 0.29) is 18.1 Å². The Hall–Kier alpha value is -1.90. The minimum absolute atomic E-state index is 0.0225. The zero-order chi connectivity index (χ0) is 16.6. The van der Waals surface area contributed by atoms with Crippen molar-refractivity contribution in [3.05, 3.63) is 17.0 Å². The van der Waals surface area contributed by atoms with Crippen molar-refractivity contribution in [1.29, 1.82) is 0 Å². The molecule has 3 rings (SSSR count). The average Bonchev–Trinajstić information content (AvgIpc) is 2.53. The summed E-state index contributed by atoms with van der Waals surface area (Å²) in [5, 5.41) is 11.9. The summed E-state index contributed by atoms with van der Waals surface area (Å²) in [4.78, 5) is 20.6. The number of aryl methyl sites for hydroxylation is 1. The maximum Gasteiger partial charge on any atom is 0.433 e. The first-order chi connectivity index (χ1) is 10.9. The van der Waals surface area contributed by atoms with Gasteiger partial charge in [-0.3, -0.25) is 4.79 Å². The summed E-state index contributed by atoms with van der Waals surface area (Å²) in [6.07, 6.45) is -2.18. The normalized spacial score (nSPS) is 21.9. The van der Waals surface area contributed by atoms with E-state index in [1.807, 2.05) is 0 Å². The number of anilines is 1. The number of halogens is 3. The molecule has 2 N–H and O–H groups in total. The summed E-state index contributed by atoms with van der Waals surface area (Å²) in [7, 11) is 0. The summed E-state index contributed by atoms with van der Waals surface area (Å²) in [6.45, 7) is 0.782. The van der Waals surface area contributed by atoms with Crippen LogP contribution in [0.2, 0.25) is 0 Å². The van der Waals surface area contributed by atoms with Gasteiger partial charge < -0.3 is 15.3 Å². The molecule has 6 nitrogen and oxygen atoms in total. The maximum atomic E-state index is 13.3. The molecule has 1 fully saturated rings. The van der Waals surface area contributed by atoms with Crippen molar-refractivity contribution in [2.45, 2.75) is 37.9 Å². The van der Waals surface area contributed by atoms with Gasteiger partial charge in [-0.15, -0.1) is 0 Å². The fourth-order valence-corrected chi connectivity index (χ4v) is 3.05. The maximum absolute atomic E-state index is 13.3. The molecule has 9 heteroatoms. The minimum Gasteiger partial charge on any atom is -0.480 e. The molecule has 2 heterocycles. The van der Waals surface area contributed by atoms with Crippen LogP contribution >= 0.6 is 0 Å². The first kappa shape index (κ1) is 16.0. The van der Waals surface area contributed by atoms with E-state index in [1.54, 1.807) is 0 Å². The van der Waals surface area contributed by atoms with Crippen LogP contribution in [0.3, 0.4) is 0 Å². The van der Waals surface area contributed by atoms with Gasteiger partial charge >= 0.3 is 12.1 Å². The fraction of sp³-hybridized carbons (Fsp3) is 0.643.